The van der Waals surface area contributed by atoms with Crippen LogP contribution in [-0.4, -0.2) is 50.6 Å². The normalized spacial score (nSPS) is 12.2. The third kappa shape index (κ3) is 5.97. The fourth-order valence-electron chi connectivity index (χ4n) is 3.82. The molecule has 0 aliphatic rings. The Balaban J connectivity index is 2.14. The molecular formula is C24H31F3N6O3. The Morgan fingerprint density at radius 3 is 2.47 bits per heavy atom. The number of amides is 2. The number of halogens is 3. The first-order chi connectivity index (χ1) is 16.7. The van der Waals surface area contributed by atoms with Crippen molar-refractivity contribution in [2.75, 3.05) is 19.3 Å². The van der Waals surface area contributed by atoms with Gasteiger partial charge >= 0.3 is 12.3 Å². The molecular weight excluding hydrogens is 477 g/mol. The molecule has 196 valence electrons. The van der Waals surface area contributed by atoms with E-state index in [1.807, 2.05) is 0 Å². The van der Waals surface area contributed by atoms with E-state index in [0.717, 1.165) is 12.1 Å². The number of hydrogen-bond donors (Lipinski definition) is 2. The molecule has 0 bridgehead atoms. The molecule has 0 atom stereocenters. The molecule has 1 aromatic carbocycles. The lowest BCUT2D eigenvalue weighted by molar-refractivity contribution is -0.137. The van der Waals surface area contributed by atoms with Crippen molar-refractivity contribution in [1.82, 2.24) is 24.8 Å². The number of nitrogens with one attached hydrogen (secondary N) is 1. The maximum atomic E-state index is 13.3. The summed E-state index contributed by atoms with van der Waals surface area (Å²) in [5.74, 6) is 0.282. The van der Waals surface area contributed by atoms with Crippen molar-refractivity contribution in [3.63, 3.8) is 0 Å². The molecule has 0 fully saturated rings. The van der Waals surface area contributed by atoms with Crippen LogP contribution < -0.4 is 11.1 Å². The number of nitrogen functional groups attached to an aromatic ring is 1. The molecule has 2 heterocycles. The Labute approximate surface area is 206 Å². The zero-order chi connectivity index (χ0) is 26.8. The Morgan fingerprint density at radius 1 is 1.19 bits per heavy atom. The molecule has 0 unspecified atom stereocenters. The minimum absolute atomic E-state index is 0.0246. The van der Waals surface area contributed by atoms with Gasteiger partial charge in [-0.2, -0.15) is 13.2 Å². The van der Waals surface area contributed by atoms with Crippen LogP contribution in [0, 0.1) is 0 Å². The van der Waals surface area contributed by atoms with Crippen molar-refractivity contribution < 1.29 is 27.5 Å². The summed E-state index contributed by atoms with van der Waals surface area (Å²) in [6.07, 6.45) is -4.40. The van der Waals surface area contributed by atoms with Crippen molar-refractivity contribution >= 4 is 39.8 Å². The topological polar surface area (TPSA) is 115 Å². The van der Waals surface area contributed by atoms with Gasteiger partial charge in [0, 0.05) is 31.9 Å². The van der Waals surface area contributed by atoms with Crippen LogP contribution in [0.15, 0.2) is 18.2 Å². The molecule has 0 saturated carbocycles. The van der Waals surface area contributed by atoms with E-state index in [9.17, 15) is 22.8 Å². The lowest BCUT2D eigenvalue weighted by Gasteiger charge is -2.26. The van der Waals surface area contributed by atoms with Gasteiger partial charge < -0.3 is 25.3 Å². The molecule has 2 amide bonds. The number of nitrogens with zero attached hydrogens (tertiary/aromatic N) is 4. The molecule has 0 radical (unpaired) electrons. The number of nitrogens with two attached hydrogens (primary N) is 1. The number of fused-ring (bicyclic) bond motifs is 3. The predicted molar refractivity (Wildman–Crippen MR) is 130 cm³/mol. The number of hydrogen-bond acceptors (Lipinski definition) is 6. The maximum absolute atomic E-state index is 13.3. The quantitative estimate of drug-likeness (QED) is 0.487. The summed E-state index contributed by atoms with van der Waals surface area (Å²) in [4.78, 5) is 34.8. The first-order valence-electron chi connectivity index (χ1n) is 11.6. The standard InChI is InChI=1S/C24H31F3N6O3/c1-6-32(22(35)36-23(2,3)4)13-17-31-19-20(33(17)11-7-8-18(34)29-5)15-10-9-14(24(25,26)27)12-16(15)30-21(19)28/h9-10,12H,6-8,11,13H2,1-5H3,(H2,28,30)(H,29,34). The number of carbonyl (C=O) groups excluding carboxylic acids is 2. The molecule has 12 heteroatoms. The Kier molecular flexibility index (Phi) is 7.65. The van der Waals surface area contributed by atoms with E-state index in [4.69, 9.17) is 10.5 Å². The number of aromatic nitrogens is 3. The summed E-state index contributed by atoms with van der Waals surface area (Å²) in [5, 5.41) is 3.00. The van der Waals surface area contributed by atoms with E-state index >= 15 is 0 Å². The highest BCUT2D eigenvalue weighted by molar-refractivity contribution is 6.06. The van der Waals surface area contributed by atoms with Crippen molar-refractivity contribution in [2.45, 2.75) is 65.4 Å². The third-order valence-corrected chi connectivity index (χ3v) is 5.54. The number of ether oxygens (including phenoxy) is 1. The second-order valence-electron chi connectivity index (χ2n) is 9.37. The third-order valence-electron chi connectivity index (χ3n) is 5.54. The van der Waals surface area contributed by atoms with Crippen molar-refractivity contribution in [2.24, 2.45) is 0 Å². The summed E-state index contributed by atoms with van der Waals surface area (Å²) in [7, 11) is 1.54. The Morgan fingerprint density at radius 2 is 1.89 bits per heavy atom. The van der Waals surface area contributed by atoms with E-state index in [0.29, 0.717) is 41.8 Å². The van der Waals surface area contributed by atoms with Crippen molar-refractivity contribution in [3.05, 3.63) is 29.6 Å². The fraction of sp³-hybridized carbons (Fsp3) is 0.500. The van der Waals surface area contributed by atoms with E-state index < -0.39 is 23.4 Å². The van der Waals surface area contributed by atoms with Crippen LogP contribution in [0.1, 0.15) is 51.9 Å². The van der Waals surface area contributed by atoms with Crippen LogP contribution in [0.5, 0.6) is 0 Å². The van der Waals surface area contributed by atoms with Gasteiger partial charge in [-0.05, 0) is 46.2 Å². The van der Waals surface area contributed by atoms with Crippen LogP contribution in [0.2, 0.25) is 0 Å². The van der Waals surface area contributed by atoms with E-state index in [-0.39, 0.29) is 30.2 Å². The summed E-state index contributed by atoms with van der Waals surface area (Å²) in [6.45, 7) is 7.82. The average Bonchev–Trinajstić information content (AvgIpc) is 3.14. The van der Waals surface area contributed by atoms with Crippen LogP contribution in [0.25, 0.3) is 21.9 Å². The zero-order valence-electron chi connectivity index (χ0n) is 21.0. The van der Waals surface area contributed by atoms with E-state index in [1.54, 1.807) is 39.3 Å². The van der Waals surface area contributed by atoms with Crippen molar-refractivity contribution in [3.8, 4) is 0 Å². The molecule has 0 aliphatic carbocycles. The zero-order valence-corrected chi connectivity index (χ0v) is 21.0. The van der Waals surface area contributed by atoms with Gasteiger partial charge in [0.2, 0.25) is 5.91 Å². The lowest BCUT2D eigenvalue weighted by Crippen LogP contribution is -2.37. The van der Waals surface area contributed by atoms with Gasteiger partial charge in [-0.3, -0.25) is 4.79 Å². The maximum Gasteiger partial charge on any atom is 0.416 e. The summed E-state index contributed by atoms with van der Waals surface area (Å²) >= 11 is 0. The molecule has 3 N–H and O–H groups in total. The number of benzene rings is 1. The highest BCUT2D eigenvalue weighted by Gasteiger charge is 2.31. The first-order valence-corrected chi connectivity index (χ1v) is 11.6. The molecule has 2 aromatic heterocycles. The first kappa shape index (κ1) is 27.0. The second kappa shape index (κ2) is 10.2. The largest absolute Gasteiger partial charge is 0.444 e. The smallest absolute Gasteiger partial charge is 0.416 e. The van der Waals surface area contributed by atoms with Gasteiger partial charge in [-0.25, -0.2) is 14.8 Å². The minimum Gasteiger partial charge on any atom is -0.444 e. The Bertz CT molecular complexity index is 1280. The van der Waals surface area contributed by atoms with Gasteiger partial charge in [-0.15, -0.1) is 0 Å². The summed E-state index contributed by atoms with van der Waals surface area (Å²) in [6, 6.07) is 3.28. The van der Waals surface area contributed by atoms with Gasteiger partial charge in [-0.1, -0.05) is 6.07 Å². The van der Waals surface area contributed by atoms with Crippen LogP contribution in [0.3, 0.4) is 0 Å². The number of alkyl halides is 3. The molecule has 3 rings (SSSR count). The van der Waals surface area contributed by atoms with Gasteiger partial charge in [0.1, 0.15) is 16.9 Å². The van der Waals surface area contributed by atoms with Crippen molar-refractivity contribution in [1.29, 1.82) is 0 Å². The highest BCUT2D eigenvalue weighted by Crippen LogP contribution is 2.35. The molecule has 0 aliphatic heterocycles. The fourth-order valence-corrected chi connectivity index (χ4v) is 3.82. The molecule has 0 saturated heterocycles. The SMILES string of the molecule is CCN(Cc1nc2c(N)nc3cc(C(F)(F)F)ccc3c2n1CCCC(=O)NC)C(=O)OC(C)(C)C. The monoisotopic (exact) mass is 508 g/mol. The molecule has 3 aromatic rings. The van der Waals surface area contributed by atoms with Gasteiger partial charge in [0.15, 0.2) is 5.82 Å². The number of anilines is 1. The number of aryl methyl sites for hydroxylation is 1. The molecule has 0 spiro atoms. The number of carbonyl (C=O) groups is 2. The summed E-state index contributed by atoms with van der Waals surface area (Å²) < 4.78 is 47.2. The predicted octanol–water partition coefficient (Wildman–Crippen LogP) is 4.47. The molecule has 9 nitrogen and oxygen atoms in total. The van der Waals surface area contributed by atoms with E-state index in [2.05, 4.69) is 15.3 Å². The number of pyridine rings is 1. The van der Waals surface area contributed by atoms with Gasteiger partial charge in [0.25, 0.3) is 0 Å². The average molecular weight is 509 g/mol. The van der Waals surface area contributed by atoms with Crippen LogP contribution >= 0.6 is 0 Å². The highest BCUT2D eigenvalue weighted by atomic mass is 19.4. The molecule has 36 heavy (non-hydrogen) atoms. The minimum atomic E-state index is -4.53. The van der Waals surface area contributed by atoms with E-state index in [1.165, 1.54) is 11.0 Å². The number of rotatable bonds is 7. The van der Waals surface area contributed by atoms with Gasteiger partial charge in [0.05, 0.1) is 23.1 Å². The lowest BCUT2D eigenvalue weighted by atomic mass is 10.1. The Hall–Kier alpha value is -3.57. The summed E-state index contributed by atoms with van der Waals surface area (Å²) in [5.41, 5.74) is 5.49. The second-order valence-corrected chi connectivity index (χ2v) is 9.37. The van der Waals surface area contributed by atoms with Crippen LogP contribution in [-0.2, 0) is 28.8 Å². The number of imidazole rings is 1. The van der Waals surface area contributed by atoms with Crippen LogP contribution in [0.4, 0.5) is 23.8 Å².